The molecule has 11 heteroatoms. The van der Waals surface area contributed by atoms with Crippen molar-refractivity contribution in [3.63, 3.8) is 0 Å². The first-order chi connectivity index (χ1) is 17.3. The van der Waals surface area contributed by atoms with Gasteiger partial charge in [0.1, 0.15) is 12.1 Å². The monoisotopic (exact) mass is 527 g/mol. The number of ether oxygens (including phenoxy) is 1. The van der Waals surface area contributed by atoms with Crippen molar-refractivity contribution in [2.24, 2.45) is 0 Å². The van der Waals surface area contributed by atoms with Crippen LogP contribution in [0.4, 0.5) is 26.4 Å². The molecule has 0 aliphatic carbocycles. The number of benzene rings is 2. The summed E-state index contributed by atoms with van der Waals surface area (Å²) in [5, 5.41) is 0.290. The molecule has 2 aliphatic heterocycles. The highest BCUT2D eigenvalue weighted by Crippen LogP contribution is 2.49. The predicted molar refractivity (Wildman–Crippen MR) is 138 cm³/mol. The van der Waals surface area contributed by atoms with Crippen molar-refractivity contribution in [1.29, 1.82) is 0 Å². The summed E-state index contributed by atoms with van der Waals surface area (Å²) >= 11 is 12.0. The zero-order chi connectivity index (χ0) is 25.7. The number of hydrogen-bond donors (Lipinski definition) is 0. The van der Waals surface area contributed by atoms with Gasteiger partial charge in [0.2, 0.25) is 5.91 Å². The normalized spacial score (nSPS) is 15.3. The molecular formula is C25H20Cl2FN5O3. The molecule has 0 spiro atoms. The largest absolute Gasteiger partial charge is 0.496 e. The standard InChI is InChI=1S/C25H20Cl2FN5O3/c1-4-18(34)32-9-7-13(8-10-32)19-17(36-3)11-15-20-23(19)31(2)25(35)33(24(20)30-12-29-15)16-6-5-14(26)21(27)22(16)28/h4-7,11-12H,1,8-10H2,2-3H3. The number of carbonyl (C=O) groups is 2. The van der Waals surface area contributed by atoms with E-state index >= 15 is 4.39 Å². The van der Waals surface area contributed by atoms with E-state index in [-0.39, 0.29) is 27.5 Å². The molecule has 5 rings (SSSR count). The van der Waals surface area contributed by atoms with Crippen molar-refractivity contribution in [1.82, 2.24) is 14.9 Å². The Kier molecular flexibility index (Phi) is 6.05. The highest BCUT2D eigenvalue weighted by molar-refractivity contribution is 6.42. The summed E-state index contributed by atoms with van der Waals surface area (Å²) in [6.07, 6.45) is 5.05. The van der Waals surface area contributed by atoms with Crippen molar-refractivity contribution in [3.8, 4) is 5.75 Å². The number of nitrogens with zero attached hydrogens (tertiary/aromatic N) is 5. The number of carbonyl (C=O) groups excluding carboxylic acids is 2. The molecule has 36 heavy (non-hydrogen) atoms. The first kappa shape index (κ1) is 24.0. The highest BCUT2D eigenvalue weighted by atomic mass is 35.5. The third kappa shape index (κ3) is 3.58. The molecule has 1 aromatic heterocycles. The molecule has 0 saturated carbocycles. The van der Waals surface area contributed by atoms with E-state index in [1.54, 1.807) is 25.1 Å². The smallest absolute Gasteiger partial charge is 0.334 e. The minimum atomic E-state index is -0.836. The molecular weight excluding hydrogens is 508 g/mol. The van der Waals surface area contributed by atoms with E-state index in [1.807, 2.05) is 6.08 Å². The SMILES string of the molecule is C=CC(=O)N1CC=C(c2c(OC)cc3ncnc4c3c2N(C)C(=O)N4c2ccc(Cl)c(Cl)c2F)CC1. The van der Waals surface area contributed by atoms with Gasteiger partial charge in [0.05, 0.1) is 39.4 Å². The predicted octanol–water partition coefficient (Wildman–Crippen LogP) is 5.59. The third-order valence-corrected chi connectivity index (χ3v) is 7.14. The van der Waals surface area contributed by atoms with Crippen molar-refractivity contribution < 1.29 is 18.7 Å². The molecule has 0 fully saturated rings. The number of rotatable bonds is 4. The van der Waals surface area contributed by atoms with Gasteiger partial charge in [-0.1, -0.05) is 35.9 Å². The summed E-state index contributed by atoms with van der Waals surface area (Å²) in [6.45, 7) is 4.42. The van der Waals surface area contributed by atoms with Gasteiger partial charge in [0.25, 0.3) is 0 Å². The van der Waals surface area contributed by atoms with Crippen LogP contribution >= 0.6 is 23.2 Å². The second kappa shape index (κ2) is 9.07. The third-order valence-electron chi connectivity index (χ3n) is 6.36. The van der Waals surface area contributed by atoms with Gasteiger partial charge >= 0.3 is 6.03 Å². The molecule has 3 amide bonds. The Hall–Kier alpha value is -3.69. The molecule has 0 unspecified atom stereocenters. The second-order valence-corrected chi connectivity index (χ2v) is 9.02. The second-order valence-electron chi connectivity index (χ2n) is 8.23. The van der Waals surface area contributed by atoms with Crippen molar-refractivity contribution in [2.45, 2.75) is 6.42 Å². The fourth-order valence-electron chi connectivity index (χ4n) is 4.61. The first-order valence-corrected chi connectivity index (χ1v) is 11.7. The van der Waals surface area contributed by atoms with Gasteiger partial charge < -0.3 is 9.64 Å². The lowest BCUT2D eigenvalue weighted by Gasteiger charge is -2.36. The van der Waals surface area contributed by atoms with Crippen molar-refractivity contribution in [3.05, 3.63) is 64.7 Å². The molecule has 0 bridgehead atoms. The number of halogens is 3. The molecule has 0 atom stereocenters. The number of anilines is 3. The molecule has 2 aliphatic rings. The van der Waals surface area contributed by atoms with Crippen LogP contribution in [0, 0.1) is 5.82 Å². The summed E-state index contributed by atoms with van der Waals surface area (Å²) in [4.78, 5) is 38.8. The summed E-state index contributed by atoms with van der Waals surface area (Å²) in [5.41, 5.74) is 2.56. The van der Waals surface area contributed by atoms with E-state index in [2.05, 4.69) is 16.5 Å². The van der Waals surface area contributed by atoms with Crippen molar-refractivity contribution in [2.75, 3.05) is 37.0 Å². The van der Waals surface area contributed by atoms with Crippen LogP contribution in [-0.4, -0.2) is 54.1 Å². The molecule has 0 N–H and O–H groups in total. The van der Waals surface area contributed by atoms with Crippen LogP contribution in [0.5, 0.6) is 5.75 Å². The Labute approximate surface area is 216 Å². The maximum atomic E-state index is 15.2. The Bertz CT molecular complexity index is 1490. The van der Waals surface area contributed by atoms with Gasteiger partial charge in [-0.2, -0.15) is 0 Å². The van der Waals surface area contributed by atoms with Gasteiger partial charge in [0.15, 0.2) is 11.6 Å². The number of methoxy groups -OCH3 is 1. The summed E-state index contributed by atoms with van der Waals surface area (Å²) in [6, 6.07) is 4.02. The number of amides is 3. The van der Waals surface area contributed by atoms with Gasteiger partial charge in [-0.3, -0.25) is 9.69 Å². The number of hydrogen-bond acceptors (Lipinski definition) is 5. The lowest BCUT2D eigenvalue weighted by Crippen LogP contribution is -2.43. The molecule has 3 aromatic rings. The van der Waals surface area contributed by atoms with Gasteiger partial charge in [-0.05, 0) is 30.2 Å². The quantitative estimate of drug-likeness (QED) is 0.326. The topological polar surface area (TPSA) is 78.9 Å². The van der Waals surface area contributed by atoms with Crippen LogP contribution in [0.25, 0.3) is 16.5 Å². The maximum absolute atomic E-state index is 15.2. The average Bonchev–Trinajstić information content (AvgIpc) is 2.90. The Morgan fingerprint density at radius 1 is 1.28 bits per heavy atom. The Morgan fingerprint density at radius 2 is 2.06 bits per heavy atom. The lowest BCUT2D eigenvalue weighted by molar-refractivity contribution is -0.125. The van der Waals surface area contributed by atoms with Crippen LogP contribution in [0.15, 0.2) is 43.3 Å². The lowest BCUT2D eigenvalue weighted by atomic mass is 9.93. The van der Waals surface area contributed by atoms with Crippen LogP contribution < -0.4 is 14.5 Å². The van der Waals surface area contributed by atoms with Gasteiger partial charge in [0, 0.05) is 31.8 Å². The van der Waals surface area contributed by atoms with Gasteiger partial charge in [-0.25, -0.2) is 24.1 Å². The van der Waals surface area contributed by atoms with E-state index < -0.39 is 11.8 Å². The van der Waals surface area contributed by atoms with Crippen molar-refractivity contribution >= 4 is 68.8 Å². The fraction of sp³-hybridized carbons (Fsp3) is 0.200. The molecule has 3 heterocycles. The van der Waals surface area contributed by atoms with E-state index in [4.69, 9.17) is 27.9 Å². The maximum Gasteiger partial charge on any atom is 0.334 e. The molecule has 184 valence electrons. The number of urea groups is 1. The zero-order valence-corrected chi connectivity index (χ0v) is 20.9. The van der Waals surface area contributed by atoms with E-state index in [0.717, 1.165) is 10.5 Å². The van der Waals surface area contributed by atoms with Gasteiger partial charge in [-0.15, -0.1) is 0 Å². The first-order valence-electron chi connectivity index (χ1n) is 11.0. The minimum absolute atomic E-state index is 0.0317. The van der Waals surface area contributed by atoms with Crippen LogP contribution in [0.1, 0.15) is 12.0 Å². The van der Waals surface area contributed by atoms with E-state index in [1.165, 1.54) is 29.4 Å². The molecule has 0 radical (unpaired) electrons. The van der Waals surface area contributed by atoms with Crippen LogP contribution in [0.3, 0.4) is 0 Å². The molecule has 2 aromatic carbocycles. The van der Waals surface area contributed by atoms with Crippen LogP contribution in [0.2, 0.25) is 10.0 Å². The van der Waals surface area contributed by atoms with E-state index in [0.29, 0.717) is 47.4 Å². The average molecular weight is 528 g/mol. The molecule has 0 saturated heterocycles. The minimum Gasteiger partial charge on any atom is -0.496 e. The summed E-state index contributed by atoms with van der Waals surface area (Å²) in [5.74, 6) is -0.263. The highest BCUT2D eigenvalue weighted by Gasteiger charge is 2.38. The zero-order valence-electron chi connectivity index (χ0n) is 19.4. The molecule has 8 nitrogen and oxygen atoms in total. The summed E-state index contributed by atoms with van der Waals surface area (Å²) in [7, 11) is 3.13. The fourth-order valence-corrected chi connectivity index (χ4v) is 4.91. The van der Waals surface area contributed by atoms with E-state index in [9.17, 15) is 9.59 Å². The summed E-state index contributed by atoms with van der Waals surface area (Å²) < 4.78 is 20.9. The Morgan fingerprint density at radius 3 is 2.72 bits per heavy atom. The van der Waals surface area contributed by atoms with Crippen LogP contribution in [-0.2, 0) is 4.79 Å². The Balaban J connectivity index is 1.76. The number of aromatic nitrogens is 2.